The Morgan fingerprint density at radius 2 is 1.49 bits per heavy atom. The van der Waals surface area contributed by atoms with Gasteiger partial charge in [-0.3, -0.25) is 0 Å². The molecule has 0 unspecified atom stereocenters. The van der Waals surface area contributed by atoms with Crippen LogP contribution in [0.4, 0.5) is 17.6 Å². The molecule has 2 aromatic carbocycles. The molecule has 0 radical (unpaired) electrons. The van der Waals surface area contributed by atoms with E-state index in [-0.39, 0.29) is 36.6 Å². The summed E-state index contributed by atoms with van der Waals surface area (Å²) in [5.41, 5.74) is 1.63. The molecule has 37 heavy (non-hydrogen) atoms. The Labute approximate surface area is 216 Å². The molecule has 0 aromatic heterocycles. The van der Waals surface area contributed by atoms with Crippen LogP contribution in [0.15, 0.2) is 42.5 Å². The van der Waals surface area contributed by atoms with Gasteiger partial charge >= 0.3 is 6.11 Å². The van der Waals surface area contributed by atoms with Gasteiger partial charge in [0.2, 0.25) is 0 Å². The van der Waals surface area contributed by atoms with E-state index in [0.29, 0.717) is 36.2 Å². The molecule has 5 rings (SSSR count). The summed E-state index contributed by atoms with van der Waals surface area (Å²) in [4.78, 5) is 0. The smallest absolute Gasteiger partial charge is 0.400 e. The molecule has 3 fully saturated rings. The molecule has 1 saturated heterocycles. The minimum atomic E-state index is -3.40. The Bertz CT molecular complexity index is 1040. The van der Waals surface area contributed by atoms with Crippen LogP contribution in [0.2, 0.25) is 0 Å². The van der Waals surface area contributed by atoms with Crippen molar-refractivity contribution in [2.75, 3.05) is 13.2 Å². The molecule has 3 nitrogen and oxygen atoms in total. The van der Waals surface area contributed by atoms with E-state index in [1.807, 2.05) is 12.1 Å². The zero-order valence-corrected chi connectivity index (χ0v) is 21.3. The minimum Gasteiger partial charge on any atom is -0.432 e. The fourth-order valence-corrected chi connectivity index (χ4v) is 6.25. The minimum absolute atomic E-state index is 0.0889. The maximum Gasteiger partial charge on any atom is 0.400 e. The lowest BCUT2D eigenvalue weighted by Gasteiger charge is -2.37. The quantitative estimate of drug-likeness (QED) is 0.360. The van der Waals surface area contributed by atoms with E-state index in [9.17, 15) is 13.2 Å². The van der Waals surface area contributed by atoms with Gasteiger partial charge in [0, 0.05) is 17.9 Å². The van der Waals surface area contributed by atoms with Crippen molar-refractivity contribution >= 4 is 0 Å². The average Bonchev–Trinajstić information content (AvgIpc) is 2.89. The summed E-state index contributed by atoms with van der Waals surface area (Å²) in [6.07, 6.45) is 1.84. The molecular formula is C30H36F4O3. The van der Waals surface area contributed by atoms with Crippen LogP contribution >= 0.6 is 0 Å². The standard InChI is InChI=1S/C30H36F4O3/c1-19-17-35-29(36-18-19)22-7-5-20(6-8-22)23-11-14-27(28(32)15-23)21-9-12-24(13-10-21)30(33,34)37-26-4-2-3-25(31)16-26/h2-4,11,14-16,19-22,24,29H,5-10,12-13,17-18H2,1H3. The molecule has 2 aromatic rings. The molecule has 2 saturated carbocycles. The van der Waals surface area contributed by atoms with Crippen molar-refractivity contribution in [3.8, 4) is 5.75 Å². The van der Waals surface area contributed by atoms with Crippen molar-refractivity contribution in [1.29, 1.82) is 0 Å². The Kier molecular flexibility index (Phi) is 8.10. The van der Waals surface area contributed by atoms with Crippen LogP contribution in [0.25, 0.3) is 0 Å². The van der Waals surface area contributed by atoms with Gasteiger partial charge in [-0.15, -0.1) is 0 Å². The third-order valence-electron chi connectivity index (χ3n) is 8.43. The summed E-state index contributed by atoms with van der Waals surface area (Å²) in [6, 6.07) is 10.3. The lowest BCUT2D eigenvalue weighted by atomic mass is 9.76. The van der Waals surface area contributed by atoms with Gasteiger partial charge in [0.05, 0.1) is 19.1 Å². The zero-order chi connectivity index (χ0) is 26.0. The first-order valence-electron chi connectivity index (χ1n) is 13.6. The van der Waals surface area contributed by atoms with E-state index in [2.05, 4.69) is 6.92 Å². The van der Waals surface area contributed by atoms with Crippen LogP contribution in [0.3, 0.4) is 0 Å². The van der Waals surface area contributed by atoms with E-state index in [1.54, 1.807) is 6.07 Å². The molecule has 2 aliphatic carbocycles. The Morgan fingerprint density at radius 3 is 2.14 bits per heavy atom. The highest BCUT2D eigenvalue weighted by atomic mass is 19.3. The van der Waals surface area contributed by atoms with Crippen molar-refractivity contribution in [3.63, 3.8) is 0 Å². The predicted molar refractivity (Wildman–Crippen MR) is 133 cm³/mol. The van der Waals surface area contributed by atoms with Gasteiger partial charge in [-0.05, 0) is 92.5 Å². The van der Waals surface area contributed by atoms with Crippen LogP contribution in [0.1, 0.15) is 81.3 Å². The maximum atomic E-state index is 15.2. The molecule has 0 spiro atoms. The molecule has 202 valence electrons. The largest absolute Gasteiger partial charge is 0.432 e. The first-order chi connectivity index (χ1) is 17.8. The molecule has 0 amide bonds. The Hall–Kier alpha value is -2.12. The number of rotatable bonds is 6. The monoisotopic (exact) mass is 520 g/mol. The van der Waals surface area contributed by atoms with Gasteiger partial charge in [0.15, 0.2) is 6.29 Å². The average molecular weight is 521 g/mol. The van der Waals surface area contributed by atoms with Crippen LogP contribution in [-0.4, -0.2) is 25.6 Å². The number of hydrogen-bond donors (Lipinski definition) is 0. The van der Waals surface area contributed by atoms with Crippen LogP contribution in [0, 0.1) is 29.4 Å². The molecule has 1 heterocycles. The third kappa shape index (κ3) is 6.31. The second-order valence-electron chi connectivity index (χ2n) is 11.2. The van der Waals surface area contributed by atoms with Crippen LogP contribution in [-0.2, 0) is 9.47 Å². The summed E-state index contributed by atoms with van der Waals surface area (Å²) in [5, 5.41) is 0. The lowest BCUT2D eigenvalue weighted by Crippen LogP contribution is -2.37. The van der Waals surface area contributed by atoms with Crippen molar-refractivity contribution in [1.82, 2.24) is 0 Å². The number of alkyl halides is 2. The summed E-state index contributed by atoms with van der Waals surface area (Å²) in [6.45, 7) is 3.61. The van der Waals surface area contributed by atoms with E-state index in [0.717, 1.165) is 50.5 Å². The first kappa shape index (κ1) is 26.5. The predicted octanol–water partition coefficient (Wildman–Crippen LogP) is 8.19. The highest BCUT2D eigenvalue weighted by Crippen LogP contribution is 2.45. The zero-order valence-electron chi connectivity index (χ0n) is 21.3. The van der Waals surface area contributed by atoms with Crippen molar-refractivity contribution < 1.29 is 31.8 Å². The van der Waals surface area contributed by atoms with Gasteiger partial charge in [0.25, 0.3) is 0 Å². The second kappa shape index (κ2) is 11.3. The number of ether oxygens (including phenoxy) is 3. The summed E-state index contributed by atoms with van der Waals surface area (Å²) in [7, 11) is 0. The normalized spacial score (nSPS) is 31.2. The maximum absolute atomic E-state index is 15.2. The summed E-state index contributed by atoms with van der Waals surface area (Å²) < 4.78 is 74.6. The molecule has 0 atom stereocenters. The van der Waals surface area contributed by atoms with Gasteiger partial charge in [-0.2, -0.15) is 8.78 Å². The summed E-state index contributed by atoms with van der Waals surface area (Å²) in [5.74, 6) is -0.961. The molecule has 7 heteroatoms. The second-order valence-corrected chi connectivity index (χ2v) is 11.2. The van der Waals surface area contributed by atoms with Gasteiger partial charge < -0.3 is 14.2 Å². The van der Waals surface area contributed by atoms with Crippen LogP contribution < -0.4 is 4.74 Å². The highest BCUT2D eigenvalue weighted by Gasteiger charge is 2.44. The van der Waals surface area contributed by atoms with Crippen LogP contribution in [0.5, 0.6) is 5.75 Å². The third-order valence-corrected chi connectivity index (χ3v) is 8.43. The molecule has 3 aliphatic rings. The fourth-order valence-electron chi connectivity index (χ4n) is 6.25. The molecular weight excluding hydrogens is 484 g/mol. The lowest BCUT2D eigenvalue weighted by molar-refractivity contribution is -0.226. The Morgan fingerprint density at radius 1 is 0.811 bits per heavy atom. The van der Waals surface area contributed by atoms with Crippen molar-refractivity contribution in [3.05, 3.63) is 65.2 Å². The van der Waals surface area contributed by atoms with Gasteiger partial charge in [-0.25, -0.2) is 8.78 Å². The molecule has 0 N–H and O–H groups in total. The van der Waals surface area contributed by atoms with Crippen molar-refractivity contribution in [2.45, 2.75) is 82.5 Å². The number of benzene rings is 2. The van der Waals surface area contributed by atoms with E-state index < -0.39 is 17.8 Å². The highest BCUT2D eigenvalue weighted by molar-refractivity contribution is 5.30. The van der Waals surface area contributed by atoms with E-state index in [1.165, 1.54) is 18.2 Å². The fraction of sp³-hybridized carbons (Fsp3) is 0.600. The number of hydrogen-bond acceptors (Lipinski definition) is 3. The van der Waals surface area contributed by atoms with Gasteiger partial charge in [-0.1, -0.05) is 25.1 Å². The summed E-state index contributed by atoms with van der Waals surface area (Å²) >= 11 is 0. The first-order valence-corrected chi connectivity index (χ1v) is 13.6. The topological polar surface area (TPSA) is 27.7 Å². The molecule has 1 aliphatic heterocycles. The van der Waals surface area contributed by atoms with Crippen molar-refractivity contribution in [2.24, 2.45) is 17.8 Å². The Balaban J connectivity index is 1.14. The molecule has 0 bridgehead atoms. The van der Waals surface area contributed by atoms with E-state index >= 15 is 4.39 Å². The SMILES string of the molecule is CC1COC(C2CCC(c3ccc(C4CCC(C(F)(F)Oc5cccc(F)c5)CC4)c(F)c3)CC2)OC1. The van der Waals surface area contributed by atoms with E-state index in [4.69, 9.17) is 14.2 Å². The number of halogens is 4. The van der Waals surface area contributed by atoms with Gasteiger partial charge in [0.1, 0.15) is 17.4 Å².